The van der Waals surface area contributed by atoms with E-state index in [-0.39, 0.29) is 43.3 Å². The first kappa shape index (κ1) is 25.4. The predicted octanol–water partition coefficient (Wildman–Crippen LogP) is 3.54. The zero-order valence-electron chi connectivity index (χ0n) is 19.1. The number of amides is 1. The molecule has 3 rings (SSSR count). The minimum Gasteiger partial charge on any atom is -0.480 e. The Kier molecular flexibility index (Phi) is 7.13. The average molecular weight is 487 g/mol. The van der Waals surface area contributed by atoms with Crippen molar-refractivity contribution in [2.75, 3.05) is 13.7 Å². The largest absolute Gasteiger partial charge is 0.480 e. The molecule has 0 N–H and O–H groups in total. The van der Waals surface area contributed by atoms with Crippen molar-refractivity contribution >= 4 is 11.9 Å². The van der Waals surface area contributed by atoms with E-state index in [1.54, 1.807) is 20.8 Å². The maximum atomic E-state index is 14.0. The number of halogens is 4. The lowest BCUT2D eigenvalue weighted by molar-refractivity contribution is -0.141. The molecule has 1 aliphatic rings. The van der Waals surface area contributed by atoms with E-state index in [0.29, 0.717) is 11.8 Å². The number of rotatable bonds is 6. The molecule has 9 nitrogen and oxygen atoms in total. The summed E-state index contributed by atoms with van der Waals surface area (Å²) in [6.45, 7) is 4.81. The summed E-state index contributed by atoms with van der Waals surface area (Å²) in [5.41, 5.74) is -1.45. The van der Waals surface area contributed by atoms with Gasteiger partial charge < -0.3 is 9.47 Å². The SMILES string of the molecule is COc1nn(-c2cnc(C(F)(F)F)cn2)cc1CCC(=O)[C@@H]1C[C@@H](F)CN1C(=O)OC(C)(C)C. The van der Waals surface area contributed by atoms with Gasteiger partial charge in [0, 0.05) is 24.6 Å². The van der Waals surface area contributed by atoms with Crippen LogP contribution in [0.1, 0.15) is 44.9 Å². The van der Waals surface area contributed by atoms with E-state index < -0.39 is 35.8 Å². The summed E-state index contributed by atoms with van der Waals surface area (Å²) < 4.78 is 63.8. The molecule has 1 fully saturated rings. The number of hydrogen-bond acceptors (Lipinski definition) is 7. The van der Waals surface area contributed by atoms with Crippen molar-refractivity contribution in [2.45, 2.75) is 64.0 Å². The van der Waals surface area contributed by atoms with Crippen molar-refractivity contribution in [3.8, 4) is 11.7 Å². The van der Waals surface area contributed by atoms with Gasteiger partial charge in [0.1, 0.15) is 11.8 Å². The Bertz CT molecular complexity index is 1030. The van der Waals surface area contributed by atoms with Gasteiger partial charge in [0.05, 0.1) is 32.1 Å². The topological polar surface area (TPSA) is 99.4 Å². The molecule has 0 saturated carbocycles. The summed E-state index contributed by atoms with van der Waals surface area (Å²) in [6, 6.07) is -0.952. The fourth-order valence-electron chi connectivity index (χ4n) is 3.48. The summed E-state index contributed by atoms with van der Waals surface area (Å²) >= 11 is 0. The summed E-state index contributed by atoms with van der Waals surface area (Å²) in [7, 11) is 1.35. The highest BCUT2D eigenvalue weighted by atomic mass is 19.4. The molecule has 2 atom stereocenters. The van der Waals surface area contributed by atoms with Gasteiger partial charge in [-0.3, -0.25) is 9.69 Å². The van der Waals surface area contributed by atoms with Gasteiger partial charge in [-0.2, -0.15) is 13.2 Å². The number of Topliss-reactive ketones (excluding diaryl/α,β-unsaturated/α-hetero) is 1. The van der Waals surface area contributed by atoms with Crippen LogP contribution < -0.4 is 4.74 Å². The highest BCUT2D eigenvalue weighted by Crippen LogP contribution is 2.28. The Labute approximate surface area is 193 Å². The van der Waals surface area contributed by atoms with Gasteiger partial charge in [0.15, 0.2) is 17.3 Å². The molecule has 3 heterocycles. The van der Waals surface area contributed by atoms with Crippen LogP contribution >= 0.6 is 0 Å². The Hall–Kier alpha value is -3.25. The third-order valence-electron chi connectivity index (χ3n) is 5.00. The van der Waals surface area contributed by atoms with Crippen LogP contribution in [0.2, 0.25) is 0 Å². The van der Waals surface area contributed by atoms with E-state index in [1.807, 2.05) is 0 Å². The molecule has 13 heteroatoms. The molecule has 0 radical (unpaired) electrons. The summed E-state index contributed by atoms with van der Waals surface area (Å²) in [5, 5.41) is 4.12. The van der Waals surface area contributed by atoms with Crippen LogP contribution in [0.25, 0.3) is 5.82 Å². The zero-order chi connectivity index (χ0) is 25.3. The van der Waals surface area contributed by atoms with Crippen molar-refractivity contribution in [2.24, 2.45) is 0 Å². The van der Waals surface area contributed by atoms with Gasteiger partial charge in [0.25, 0.3) is 0 Å². The quantitative estimate of drug-likeness (QED) is 0.575. The van der Waals surface area contributed by atoms with Gasteiger partial charge in [0.2, 0.25) is 5.88 Å². The van der Waals surface area contributed by atoms with E-state index in [9.17, 15) is 27.2 Å². The Balaban J connectivity index is 1.70. The van der Waals surface area contributed by atoms with Crippen molar-refractivity contribution < 1.29 is 36.6 Å². The number of ketones is 1. The Morgan fingerprint density at radius 1 is 1.18 bits per heavy atom. The molecular formula is C21H25F4N5O4. The third kappa shape index (κ3) is 6.00. The smallest absolute Gasteiger partial charge is 0.434 e. The van der Waals surface area contributed by atoms with E-state index in [0.717, 1.165) is 11.1 Å². The van der Waals surface area contributed by atoms with Gasteiger partial charge in [-0.1, -0.05) is 0 Å². The lowest BCUT2D eigenvalue weighted by Gasteiger charge is -2.27. The van der Waals surface area contributed by atoms with Crippen molar-refractivity contribution in [1.82, 2.24) is 24.6 Å². The van der Waals surface area contributed by atoms with E-state index >= 15 is 0 Å². The number of alkyl halides is 4. The van der Waals surface area contributed by atoms with Crippen LogP contribution in [-0.4, -0.2) is 68.0 Å². The number of methoxy groups -OCH3 is 1. The molecule has 2 aromatic rings. The maximum absolute atomic E-state index is 14.0. The number of carbonyl (C=O) groups is 2. The molecule has 0 spiro atoms. The lowest BCUT2D eigenvalue weighted by atomic mass is 10.0. The second-order valence-corrected chi connectivity index (χ2v) is 8.81. The highest BCUT2D eigenvalue weighted by Gasteiger charge is 2.41. The molecule has 2 aromatic heterocycles. The average Bonchev–Trinajstić information content (AvgIpc) is 3.33. The molecule has 186 valence electrons. The maximum Gasteiger partial charge on any atom is 0.434 e. The number of nitrogens with zero attached hydrogens (tertiary/aromatic N) is 5. The monoisotopic (exact) mass is 487 g/mol. The first-order chi connectivity index (χ1) is 15.8. The number of aromatic nitrogens is 4. The number of aryl methyl sites for hydroxylation is 1. The van der Waals surface area contributed by atoms with Crippen LogP contribution in [0.3, 0.4) is 0 Å². The minimum atomic E-state index is -4.62. The summed E-state index contributed by atoms with van der Waals surface area (Å²) in [4.78, 5) is 33.4. The van der Waals surface area contributed by atoms with E-state index in [4.69, 9.17) is 9.47 Å². The first-order valence-corrected chi connectivity index (χ1v) is 10.5. The minimum absolute atomic E-state index is 0.0241. The number of hydrogen-bond donors (Lipinski definition) is 0. The second kappa shape index (κ2) is 9.55. The van der Waals surface area contributed by atoms with Gasteiger partial charge in [-0.05, 0) is 27.2 Å². The van der Waals surface area contributed by atoms with Crippen molar-refractivity contribution in [3.63, 3.8) is 0 Å². The molecular weight excluding hydrogens is 462 g/mol. The normalized spacial score (nSPS) is 18.8. The van der Waals surface area contributed by atoms with Gasteiger partial charge >= 0.3 is 12.3 Å². The van der Waals surface area contributed by atoms with Gasteiger partial charge in [-0.15, -0.1) is 5.10 Å². The Morgan fingerprint density at radius 2 is 1.88 bits per heavy atom. The first-order valence-electron chi connectivity index (χ1n) is 10.5. The van der Waals surface area contributed by atoms with E-state index in [1.165, 1.54) is 18.0 Å². The standard InChI is InChI=1S/C21H25F4N5O4/c1-20(2,3)34-19(32)29-11-13(22)7-14(29)15(31)6-5-12-10-30(28-18(12)33-4)17-9-26-16(8-27-17)21(23,24)25/h8-10,13-14H,5-7,11H2,1-4H3/t13-,14+/m1/s1. The fraction of sp³-hybridized carbons (Fsp3) is 0.571. The molecule has 0 aromatic carbocycles. The van der Waals surface area contributed by atoms with E-state index in [2.05, 4.69) is 15.1 Å². The molecule has 1 amide bonds. The number of likely N-dealkylation sites (tertiary alicyclic amines) is 1. The Morgan fingerprint density at radius 3 is 2.44 bits per heavy atom. The van der Waals surface area contributed by atoms with Crippen LogP contribution in [-0.2, 0) is 22.1 Å². The molecule has 0 unspecified atom stereocenters. The summed E-state index contributed by atoms with van der Waals surface area (Å²) in [6.07, 6.45) is -3.76. The lowest BCUT2D eigenvalue weighted by Crippen LogP contribution is -2.43. The fourth-order valence-corrected chi connectivity index (χ4v) is 3.48. The number of ether oxygens (including phenoxy) is 2. The molecule has 0 bridgehead atoms. The van der Waals surface area contributed by atoms with Gasteiger partial charge in [-0.25, -0.2) is 23.8 Å². The molecule has 1 aliphatic heterocycles. The van der Waals surface area contributed by atoms with Crippen molar-refractivity contribution in [3.05, 3.63) is 29.8 Å². The molecule has 34 heavy (non-hydrogen) atoms. The van der Waals surface area contributed by atoms with Crippen LogP contribution in [0.15, 0.2) is 18.6 Å². The predicted molar refractivity (Wildman–Crippen MR) is 110 cm³/mol. The van der Waals surface area contributed by atoms with Crippen LogP contribution in [0, 0.1) is 0 Å². The summed E-state index contributed by atoms with van der Waals surface area (Å²) in [5.74, 6) is -0.181. The molecule has 0 aliphatic carbocycles. The van der Waals surface area contributed by atoms with Crippen LogP contribution in [0.4, 0.5) is 22.4 Å². The second-order valence-electron chi connectivity index (χ2n) is 8.81. The van der Waals surface area contributed by atoms with Crippen molar-refractivity contribution in [1.29, 1.82) is 0 Å². The number of carbonyl (C=O) groups excluding carboxylic acids is 2. The zero-order valence-corrected chi connectivity index (χ0v) is 19.1. The van der Waals surface area contributed by atoms with Crippen LogP contribution in [0.5, 0.6) is 5.88 Å². The molecule has 1 saturated heterocycles. The highest BCUT2D eigenvalue weighted by molar-refractivity contribution is 5.88. The third-order valence-corrected chi connectivity index (χ3v) is 5.00.